The van der Waals surface area contributed by atoms with Gasteiger partial charge in [0.25, 0.3) is 0 Å². The molecule has 0 aliphatic carbocycles. The lowest BCUT2D eigenvalue weighted by atomic mass is 10.0. The summed E-state index contributed by atoms with van der Waals surface area (Å²) in [4.78, 5) is 3.11. The molecule has 2 aromatic carbocycles. The summed E-state index contributed by atoms with van der Waals surface area (Å²) < 4.78 is 38.3. The minimum absolute atomic E-state index is 0.0572. The molecule has 0 radical (unpaired) electrons. The third-order valence-electron chi connectivity index (χ3n) is 4.12. The molecular weight excluding hydrogens is 431 g/mol. The third-order valence-corrected chi connectivity index (χ3v) is 5.82. The van der Waals surface area contributed by atoms with Crippen molar-refractivity contribution in [2.75, 3.05) is 0 Å². The number of nitrogens with two attached hydrogens (primary N) is 1. The Hall–Kier alpha value is -1.41. The molecule has 0 amide bonds. The molecule has 0 spiro atoms. The van der Waals surface area contributed by atoms with Crippen LogP contribution in [-0.4, -0.2) is 13.4 Å². The topological polar surface area (TPSA) is 76.0 Å². The molecule has 0 aliphatic heterocycles. The van der Waals surface area contributed by atoms with E-state index in [4.69, 9.17) is 16.7 Å². The number of primary sulfonamides is 1. The first-order chi connectivity index (χ1) is 11.7. The maximum atomic E-state index is 14.1. The Bertz CT molecular complexity index is 1080. The summed E-state index contributed by atoms with van der Waals surface area (Å²) in [5.41, 5.74) is 2.74. The molecule has 0 saturated heterocycles. The van der Waals surface area contributed by atoms with Gasteiger partial charge in [-0.1, -0.05) is 27.5 Å². The van der Waals surface area contributed by atoms with Gasteiger partial charge in [-0.2, -0.15) is 0 Å². The number of hydrogen-bond acceptors (Lipinski definition) is 2. The number of fused-ring (bicyclic) bond motifs is 1. The monoisotopic (exact) mass is 444 g/mol. The molecule has 0 bridgehead atoms. The number of sulfonamides is 1. The van der Waals surface area contributed by atoms with E-state index in [0.29, 0.717) is 33.4 Å². The summed E-state index contributed by atoms with van der Waals surface area (Å²) in [5.74, 6) is -0.341. The van der Waals surface area contributed by atoms with Gasteiger partial charge in [-0.3, -0.25) is 0 Å². The lowest BCUT2D eigenvalue weighted by Crippen LogP contribution is -2.15. The van der Waals surface area contributed by atoms with Gasteiger partial charge >= 0.3 is 0 Å². The Balaban J connectivity index is 2.02. The standard InChI is InChI=1S/C17H15BrClFN2O2S/c1-9-13(14-7-11(18)8-15(20)17(14)22-9)4-2-10-6-12(19)3-5-16(10)25(21,23)24/h3,5-8,22H,2,4H2,1H3,(H2,21,23,24). The first-order valence-electron chi connectivity index (χ1n) is 7.44. The van der Waals surface area contributed by atoms with Gasteiger partial charge < -0.3 is 4.98 Å². The Morgan fingerprint density at radius 3 is 2.64 bits per heavy atom. The average molecular weight is 446 g/mol. The van der Waals surface area contributed by atoms with Crippen molar-refractivity contribution in [3.8, 4) is 0 Å². The molecule has 25 heavy (non-hydrogen) atoms. The fourth-order valence-corrected chi connectivity index (χ4v) is 4.42. The van der Waals surface area contributed by atoms with Crippen molar-refractivity contribution in [2.24, 2.45) is 5.14 Å². The van der Waals surface area contributed by atoms with Crippen LogP contribution in [0.5, 0.6) is 0 Å². The summed E-state index contributed by atoms with van der Waals surface area (Å²) >= 11 is 9.30. The summed E-state index contributed by atoms with van der Waals surface area (Å²) in [7, 11) is -3.84. The molecule has 0 atom stereocenters. The van der Waals surface area contributed by atoms with Gasteiger partial charge in [0, 0.05) is 20.6 Å². The van der Waals surface area contributed by atoms with Gasteiger partial charge in [-0.05, 0) is 61.2 Å². The predicted molar refractivity (Wildman–Crippen MR) is 101 cm³/mol. The van der Waals surface area contributed by atoms with E-state index in [1.165, 1.54) is 18.2 Å². The minimum atomic E-state index is -3.84. The molecular formula is C17H15BrClFN2O2S. The van der Waals surface area contributed by atoms with Crippen LogP contribution < -0.4 is 5.14 Å². The molecule has 0 saturated carbocycles. The fraction of sp³-hybridized carbons (Fsp3) is 0.176. The number of aromatic amines is 1. The zero-order chi connectivity index (χ0) is 18.4. The SMILES string of the molecule is Cc1[nH]c2c(F)cc(Br)cc2c1CCc1cc(Cl)ccc1S(N)(=O)=O. The van der Waals surface area contributed by atoms with Crippen molar-refractivity contribution >= 4 is 48.5 Å². The zero-order valence-electron chi connectivity index (χ0n) is 13.2. The Kier molecular flexibility index (Phi) is 4.94. The van der Waals surface area contributed by atoms with Crippen LogP contribution >= 0.6 is 27.5 Å². The van der Waals surface area contributed by atoms with Gasteiger partial charge in [-0.15, -0.1) is 0 Å². The van der Waals surface area contributed by atoms with E-state index in [0.717, 1.165) is 16.6 Å². The summed E-state index contributed by atoms with van der Waals surface area (Å²) in [6, 6.07) is 7.75. The highest BCUT2D eigenvalue weighted by molar-refractivity contribution is 9.10. The number of nitrogens with one attached hydrogen (secondary N) is 1. The van der Waals surface area contributed by atoms with Crippen molar-refractivity contribution in [3.63, 3.8) is 0 Å². The second-order valence-electron chi connectivity index (χ2n) is 5.84. The normalized spacial score (nSPS) is 12.0. The zero-order valence-corrected chi connectivity index (χ0v) is 16.4. The maximum Gasteiger partial charge on any atom is 0.238 e. The van der Waals surface area contributed by atoms with E-state index < -0.39 is 10.0 Å². The Labute approximate surface area is 158 Å². The highest BCUT2D eigenvalue weighted by Gasteiger charge is 2.17. The van der Waals surface area contributed by atoms with E-state index in [9.17, 15) is 12.8 Å². The highest BCUT2D eigenvalue weighted by Crippen LogP contribution is 2.30. The molecule has 3 N–H and O–H groups in total. The van der Waals surface area contributed by atoms with Gasteiger partial charge in [-0.25, -0.2) is 17.9 Å². The lowest BCUT2D eigenvalue weighted by molar-refractivity contribution is 0.596. The number of hydrogen-bond donors (Lipinski definition) is 2. The number of benzene rings is 2. The molecule has 0 aliphatic rings. The smallest absolute Gasteiger partial charge is 0.238 e. The largest absolute Gasteiger partial charge is 0.356 e. The molecule has 3 rings (SSSR count). The van der Waals surface area contributed by atoms with Crippen LogP contribution in [0.4, 0.5) is 4.39 Å². The highest BCUT2D eigenvalue weighted by atomic mass is 79.9. The van der Waals surface area contributed by atoms with E-state index >= 15 is 0 Å². The Morgan fingerprint density at radius 2 is 1.96 bits per heavy atom. The Morgan fingerprint density at radius 1 is 1.24 bits per heavy atom. The molecule has 0 unspecified atom stereocenters. The average Bonchev–Trinajstić information content (AvgIpc) is 2.80. The van der Waals surface area contributed by atoms with E-state index in [1.54, 1.807) is 6.07 Å². The van der Waals surface area contributed by atoms with Crippen LogP contribution in [0.25, 0.3) is 10.9 Å². The molecule has 132 valence electrons. The van der Waals surface area contributed by atoms with Crippen LogP contribution in [0, 0.1) is 12.7 Å². The van der Waals surface area contributed by atoms with Gasteiger partial charge in [0.1, 0.15) is 5.82 Å². The molecule has 1 aromatic heterocycles. The second kappa shape index (κ2) is 6.72. The minimum Gasteiger partial charge on any atom is -0.356 e. The third kappa shape index (κ3) is 3.74. The van der Waals surface area contributed by atoms with Gasteiger partial charge in [0.05, 0.1) is 10.4 Å². The van der Waals surface area contributed by atoms with Crippen LogP contribution in [-0.2, 0) is 22.9 Å². The predicted octanol–water partition coefficient (Wildman–Crippen LogP) is 4.46. The van der Waals surface area contributed by atoms with Crippen LogP contribution in [0.15, 0.2) is 39.7 Å². The van der Waals surface area contributed by atoms with Crippen molar-refractivity contribution in [3.05, 3.63) is 62.5 Å². The maximum absolute atomic E-state index is 14.1. The van der Waals surface area contributed by atoms with Crippen molar-refractivity contribution in [2.45, 2.75) is 24.7 Å². The van der Waals surface area contributed by atoms with E-state index in [1.807, 2.05) is 13.0 Å². The summed E-state index contributed by atoms with van der Waals surface area (Å²) in [6.45, 7) is 1.86. The molecule has 3 aromatic rings. The van der Waals surface area contributed by atoms with Crippen molar-refractivity contribution in [1.82, 2.24) is 4.98 Å². The first kappa shape index (κ1) is 18.4. The number of aryl methyl sites for hydroxylation is 3. The van der Waals surface area contributed by atoms with Crippen molar-refractivity contribution in [1.29, 1.82) is 0 Å². The molecule has 0 fully saturated rings. The van der Waals surface area contributed by atoms with Gasteiger partial charge in [0.15, 0.2) is 0 Å². The quantitative estimate of drug-likeness (QED) is 0.622. The van der Waals surface area contributed by atoms with Crippen molar-refractivity contribution < 1.29 is 12.8 Å². The molecule has 8 heteroatoms. The van der Waals surface area contributed by atoms with Gasteiger partial charge in [0.2, 0.25) is 10.0 Å². The number of aromatic nitrogens is 1. The van der Waals surface area contributed by atoms with E-state index in [-0.39, 0.29) is 10.7 Å². The first-order valence-corrected chi connectivity index (χ1v) is 10.2. The molecule has 1 heterocycles. The van der Waals surface area contributed by atoms with Crippen LogP contribution in [0.2, 0.25) is 5.02 Å². The summed E-state index contributed by atoms with van der Waals surface area (Å²) in [6.07, 6.45) is 0.929. The second-order valence-corrected chi connectivity index (χ2v) is 8.72. The van der Waals surface area contributed by atoms with E-state index in [2.05, 4.69) is 20.9 Å². The summed E-state index contributed by atoms with van der Waals surface area (Å²) in [5, 5.41) is 6.49. The lowest BCUT2D eigenvalue weighted by Gasteiger charge is -2.09. The number of H-pyrrole nitrogens is 1. The molecule has 4 nitrogen and oxygen atoms in total. The van der Waals surface area contributed by atoms with Crippen LogP contribution in [0.1, 0.15) is 16.8 Å². The number of rotatable bonds is 4. The number of halogens is 3. The fourth-order valence-electron chi connectivity index (χ4n) is 3.01. The van der Waals surface area contributed by atoms with Crippen LogP contribution in [0.3, 0.4) is 0 Å².